The number of benzene rings is 3. The fourth-order valence-corrected chi connectivity index (χ4v) is 2.71. The number of anilines is 2. The molecule has 3 aromatic carbocycles. The van der Waals surface area contributed by atoms with E-state index < -0.39 is 16.6 Å². The smallest absolute Gasteiger partial charge is 0.277 e. The fraction of sp³-hybridized carbons (Fsp3) is 0. The third kappa shape index (κ3) is 4.42. The molecule has 0 aliphatic carbocycles. The van der Waals surface area contributed by atoms with Gasteiger partial charge in [0.1, 0.15) is 11.6 Å². The van der Waals surface area contributed by atoms with E-state index in [0.29, 0.717) is 16.8 Å². The molecule has 27 heavy (non-hydrogen) atoms. The Labute approximate surface area is 158 Å². The van der Waals surface area contributed by atoms with E-state index >= 15 is 0 Å². The lowest BCUT2D eigenvalue weighted by Gasteiger charge is -2.12. The number of hydrogen-bond donors (Lipinski definition) is 2. The second-order valence-electron chi connectivity index (χ2n) is 5.55. The highest BCUT2D eigenvalue weighted by molar-refractivity contribution is 7.80. The van der Waals surface area contributed by atoms with Crippen molar-refractivity contribution >= 4 is 34.4 Å². The van der Waals surface area contributed by atoms with Gasteiger partial charge in [0.15, 0.2) is 5.11 Å². The van der Waals surface area contributed by atoms with E-state index in [1.54, 1.807) is 42.5 Å². The standard InChI is InChI=1S/C19H13F2N3O2S/c20-13-7-10-17(16(21)11-13)23-19(27)22-14-8-5-12(6-9-14)15-3-1-2-4-18(15)24(25)26/h1-11H,(H2,22,23,27). The SMILES string of the molecule is O=[N+]([O-])c1ccccc1-c1ccc(NC(=S)Nc2ccc(F)cc2F)cc1. The zero-order valence-corrected chi connectivity index (χ0v) is 14.6. The van der Waals surface area contributed by atoms with Gasteiger partial charge in [-0.05, 0) is 48.1 Å². The Morgan fingerprint density at radius 3 is 2.33 bits per heavy atom. The van der Waals surface area contributed by atoms with E-state index in [2.05, 4.69) is 10.6 Å². The van der Waals surface area contributed by atoms with Crippen molar-refractivity contribution < 1.29 is 13.7 Å². The van der Waals surface area contributed by atoms with Crippen molar-refractivity contribution in [2.75, 3.05) is 10.6 Å². The topological polar surface area (TPSA) is 67.2 Å². The highest BCUT2D eigenvalue weighted by atomic mass is 32.1. The molecular weight excluding hydrogens is 372 g/mol. The van der Waals surface area contributed by atoms with Gasteiger partial charge in [0, 0.05) is 17.8 Å². The summed E-state index contributed by atoms with van der Waals surface area (Å²) in [4.78, 5) is 10.7. The van der Waals surface area contributed by atoms with Crippen LogP contribution in [-0.2, 0) is 0 Å². The maximum absolute atomic E-state index is 13.6. The molecule has 0 aliphatic heterocycles. The van der Waals surface area contributed by atoms with Crippen LogP contribution in [0.15, 0.2) is 66.7 Å². The van der Waals surface area contributed by atoms with Gasteiger partial charge in [-0.15, -0.1) is 0 Å². The summed E-state index contributed by atoms with van der Waals surface area (Å²) in [6.45, 7) is 0. The van der Waals surface area contributed by atoms with Gasteiger partial charge in [-0.1, -0.05) is 24.3 Å². The molecule has 0 amide bonds. The molecule has 0 spiro atoms. The van der Waals surface area contributed by atoms with Gasteiger partial charge >= 0.3 is 0 Å². The molecule has 5 nitrogen and oxygen atoms in total. The summed E-state index contributed by atoms with van der Waals surface area (Å²) in [5.74, 6) is -1.44. The van der Waals surface area contributed by atoms with Crippen LogP contribution in [0.2, 0.25) is 0 Å². The minimum atomic E-state index is -0.758. The highest BCUT2D eigenvalue weighted by Crippen LogP contribution is 2.30. The Hall–Kier alpha value is -3.39. The van der Waals surface area contributed by atoms with Crippen LogP contribution >= 0.6 is 12.2 Å². The van der Waals surface area contributed by atoms with E-state index in [9.17, 15) is 18.9 Å². The quantitative estimate of drug-likeness (QED) is 0.360. The van der Waals surface area contributed by atoms with Crippen molar-refractivity contribution in [3.8, 4) is 11.1 Å². The van der Waals surface area contributed by atoms with Crippen molar-refractivity contribution in [2.45, 2.75) is 0 Å². The molecule has 8 heteroatoms. The monoisotopic (exact) mass is 385 g/mol. The summed E-state index contributed by atoms with van der Waals surface area (Å²) in [5.41, 5.74) is 1.85. The first-order valence-corrected chi connectivity index (χ1v) is 8.22. The number of nitrogens with one attached hydrogen (secondary N) is 2. The van der Waals surface area contributed by atoms with E-state index in [1.165, 1.54) is 12.1 Å². The molecule has 136 valence electrons. The lowest BCUT2D eigenvalue weighted by atomic mass is 10.0. The van der Waals surface area contributed by atoms with Gasteiger partial charge in [0.2, 0.25) is 0 Å². The molecule has 0 heterocycles. The van der Waals surface area contributed by atoms with Crippen molar-refractivity contribution in [3.05, 3.63) is 88.5 Å². The predicted molar refractivity (Wildman–Crippen MR) is 105 cm³/mol. The molecule has 0 fully saturated rings. The summed E-state index contributed by atoms with van der Waals surface area (Å²) in [6, 6.07) is 16.4. The van der Waals surface area contributed by atoms with Crippen LogP contribution in [0.5, 0.6) is 0 Å². The summed E-state index contributed by atoms with van der Waals surface area (Å²) in [7, 11) is 0. The second-order valence-corrected chi connectivity index (χ2v) is 5.96. The van der Waals surface area contributed by atoms with Crippen LogP contribution in [0.1, 0.15) is 0 Å². The summed E-state index contributed by atoms with van der Waals surface area (Å²) in [6.07, 6.45) is 0. The fourth-order valence-electron chi connectivity index (χ4n) is 2.49. The maximum atomic E-state index is 13.6. The lowest BCUT2D eigenvalue weighted by molar-refractivity contribution is -0.384. The summed E-state index contributed by atoms with van der Waals surface area (Å²) >= 11 is 5.12. The molecule has 0 bridgehead atoms. The molecule has 0 aliphatic rings. The maximum Gasteiger partial charge on any atom is 0.277 e. The van der Waals surface area contributed by atoms with Gasteiger partial charge in [-0.25, -0.2) is 8.78 Å². The Morgan fingerprint density at radius 2 is 1.67 bits per heavy atom. The van der Waals surface area contributed by atoms with Crippen LogP contribution in [0.3, 0.4) is 0 Å². The molecule has 0 atom stereocenters. The average molecular weight is 385 g/mol. The Balaban J connectivity index is 1.73. The number of para-hydroxylation sites is 1. The number of thiocarbonyl (C=S) groups is 1. The van der Waals surface area contributed by atoms with Crippen LogP contribution in [0.25, 0.3) is 11.1 Å². The minimum Gasteiger partial charge on any atom is -0.332 e. The number of nitrogens with zero attached hydrogens (tertiary/aromatic N) is 1. The molecule has 0 radical (unpaired) electrons. The molecule has 2 N–H and O–H groups in total. The van der Waals surface area contributed by atoms with E-state index in [1.807, 2.05) is 0 Å². The van der Waals surface area contributed by atoms with Gasteiger partial charge in [0.05, 0.1) is 16.2 Å². The third-order valence-electron chi connectivity index (χ3n) is 3.73. The Bertz CT molecular complexity index is 1010. The van der Waals surface area contributed by atoms with Crippen LogP contribution in [0, 0.1) is 21.7 Å². The molecular formula is C19H13F2N3O2S. The van der Waals surface area contributed by atoms with Gasteiger partial charge in [-0.3, -0.25) is 10.1 Å². The second kappa shape index (κ2) is 7.88. The van der Waals surface area contributed by atoms with Gasteiger partial charge in [-0.2, -0.15) is 0 Å². The van der Waals surface area contributed by atoms with E-state index in [-0.39, 0.29) is 16.5 Å². The number of halogens is 2. The Kier molecular flexibility index (Phi) is 5.37. The van der Waals surface area contributed by atoms with Gasteiger partial charge in [0.25, 0.3) is 5.69 Å². The van der Waals surface area contributed by atoms with Crippen molar-refractivity contribution in [1.29, 1.82) is 0 Å². The van der Waals surface area contributed by atoms with E-state index in [4.69, 9.17) is 12.2 Å². The first kappa shape index (κ1) is 18.4. The van der Waals surface area contributed by atoms with Gasteiger partial charge < -0.3 is 10.6 Å². The van der Waals surface area contributed by atoms with Crippen molar-refractivity contribution in [3.63, 3.8) is 0 Å². The normalized spacial score (nSPS) is 10.3. The third-order valence-corrected chi connectivity index (χ3v) is 3.94. The molecule has 0 unspecified atom stereocenters. The molecule has 0 saturated carbocycles. The first-order chi connectivity index (χ1) is 12.9. The number of nitro groups is 1. The summed E-state index contributed by atoms with van der Waals surface area (Å²) < 4.78 is 26.6. The minimum absolute atomic E-state index is 0.0159. The Morgan fingerprint density at radius 1 is 0.963 bits per heavy atom. The van der Waals surface area contributed by atoms with Crippen LogP contribution in [0.4, 0.5) is 25.8 Å². The molecule has 3 rings (SSSR count). The van der Waals surface area contributed by atoms with Crippen molar-refractivity contribution in [1.82, 2.24) is 0 Å². The zero-order valence-electron chi connectivity index (χ0n) is 13.8. The number of hydrogen-bond acceptors (Lipinski definition) is 3. The summed E-state index contributed by atoms with van der Waals surface area (Å²) in [5, 5.41) is 16.8. The molecule has 0 aromatic heterocycles. The molecule has 0 saturated heterocycles. The first-order valence-electron chi connectivity index (χ1n) is 7.81. The highest BCUT2D eigenvalue weighted by Gasteiger charge is 2.14. The largest absolute Gasteiger partial charge is 0.332 e. The number of nitro benzene ring substituents is 1. The zero-order chi connectivity index (χ0) is 19.4. The van der Waals surface area contributed by atoms with Crippen molar-refractivity contribution in [2.24, 2.45) is 0 Å². The van der Waals surface area contributed by atoms with E-state index in [0.717, 1.165) is 12.1 Å². The molecule has 3 aromatic rings. The van der Waals surface area contributed by atoms with Crippen LogP contribution in [-0.4, -0.2) is 10.0 Å². The predicted octanol–water partition coefficient (Wildman–Crippen LogP) is 5.35. The number of rotatable bonds is 4. The van der Waals surface area contributed by atoms with Crippen LogP contribution < -0.4 is 10.6 Å². The lowest BCUT2D eigenvalue weighted by Crippen LogP contribution is -2.19. The average Bonchev–Trinajstić information content (AvgIpc) is 2.64.